The monoisotopic (exact) mass is 422 g/mol. The van der Waals surface area contributed by atoms with Gasteiger partial charge in [-0.25, -0.2) is 8.78 Å². The van der Waals surface area contributed by atoms with E-state index in [1.165, 1.54) is 23.6 Å². The van der Waals surface area contributed by atoms with Gasteiger partial charge in [0.1, 0.15) is 11.6 Å². The van der Waals surface area contributed by atoms with E-state index in [1.807, 2.05) is 35.2 Å². The molecule has 3 nitrogen and oxygen atoms in total. The fourth-order valence-electron chi connectivity index (χ4n) is 4.56. The summed E-state index contributed by atoms with van der Waals surface area (Å²) in [4.78, 5) is 16.1. The Hall–Kier alpha value is -2.70. The van der Waals surface area contributed by atoms with Gasteiger partial charge in [-0.1, -0.05) is 24.3 Å². The molecule has 1 amide bonds. The summed E-state index contributed by atoms with van der Waals surface area (Å²) >= 11 is 1.18. The van der Waals surface area contributed by atoms with Crippen molar-refractivity contribution in [3.63, 3.8) is 0 Å². The van der Waals surface area contributed by atoms with E-state index in [9.17, 15) is 13.6 Å². The highest BCUT2D eigenvalue weighted by atomic mass is 32.2. The van der Waals surface area contributed by atoms with Gasteiger partial charge < -0.3 is 4.90 Å². The Labute approximate surface area is 178 Å². The zero-order chi connectivity index (χ0) is 20.8. The second-order valence-corrected chi connectivity index (χ2v) is 8.57. The maximum Gasteiger partial charge on any atom is 0.230 e. The molecule has 1 unspecified atom stereocenters. The minimum Gasteiger partial charge on any atom is -0.312 e. The molecular weight excluding hydrogens is 402 g/mol. The highest BCUT2D eigenvalue weighted by molar-refractivity contribution is 7.97. The number of carbonyl (C=O) groups excluding carboxylic acids is 1. The molecule has 152 valence electrons. The first-order chi connectivity index (χ1) is 14.5. The SMILES string of the molecule is NSc1ccc2c(c1)N(C(=O)C1Cc3ccc(-c4cc(F)ccc4F)cc3C1)CC2. The van der Waals surface area contributed by atoms with Crippen molar-refractivity contribution in [3.8, 4) is 11.1 Å². The first-order valence-corrected chi connectivity index (χ1v) is 10.8. The van der Waals surface area contributed by atoms with Crippen LogP contribution in [0.25, 0.3) is 11.1 Å². The van der Waals surface area contributed by atoms with Crippen molar-refractivity contribution in [1.29, 1.82) is 0 Å². The number of benzene rings is 3. The number of nitrogens with zero attached hydrogens (tertiary/aromatic N) is 1. The molecule has 2 aliphatic rings. The van der Waals surface area contributed by atoms with Crippen LogP contribution >= 0.6 is 11.9 Å². The smallest absolute Gasteiger partial charge is 0.230 e. The molecule has 3 aromatic carbocycles. The van der Waals surface area contributed by atoms with Crippen molar-refractivity contribution >= 4 is 23.5 Å². The Morgan fingerprint density at radius 3 is 2.60 bits per heavy atom. The first kappa shape index (κ1) is 19.3. The third kappa shape index (κ3) is 3.30. The topological polar surface area (TPSA) is 46.3 Å². The van der Waals surface area contributed by atoms with E-state index in [2.05, 4.69) is 0 Å². The summed E-state index contributed by atoms with van der Waals surface area (Å²) in [6.07, 6.45) is 2.12. The molecule has 1 heterocycles. The Kier molecular flexibility index (Phi) is 4.83. The molecule has 2 N–H and O–H groups in total. The lowest BCUT2D eigenvalue weighted by atomic mass is 10.00. The minimum absolute atomic E-state index is 0.114. The number of amides is 1. The molecule has 1 atom stereocenters. The number of anilines is 1. The Morgan fingerprint density at radius 2 is 1.77 bits per heavy atom. The summed E-state index contributed by atoms with van der Waals surface area (Å²) in [5.74, 6) is -0.956. The lowest BCUT2D eigenvalue weighted by molar-refractivity contribution is -0.122. The van der Waals surface area contributed by atoms with Crippen LogP contribution in [0.2, 0.25) is 0 Å². The fourth-order valence-corrected chi connectivity index (χ4v) is 4.89. The molecular formula is C24H20F2N2OS. The second-order valence-electron chi connectivity index (χ2n) is 7.86. The summed E-state index contributed by atoms with van der Waals surface area (Å²) in [5, 5.41) is 5.69. The average molecular weight is 423 g/mol. The quantitative estimate of drug-likeness (QED) is 0.611. The minimum atomic E-state index is -0.470. The summed E-state index contributed by atoms with van der Waals surface area (Å²) < 4.78 is 27.8. The van der Waals surface area contributed by atoms with Crippen LogP contribution in [0.3, 0.4) is 0 Å². The average Bonchev–Trinajstić information content (AvgIpc) is 3.38. The number of halogens is 2. The van der Waals surface area contributed by atoms with Crippen LogP contribution in [0.4, 0.5) is 14.5 Å². The van der Waals surface area contributed by atoms with Gasteiger partial charge >= 0.3 is 0 Å². The van der Waals surface area contributed by atoms with Crippen molar-refractivity contribution in [2.75, 3.05) is 11.4 Å². The van der Waals surface area contributed by atoms with E-state index >= 15 is 0 Å². The van der Waals surface area contributed by atoms with Gasteiger partial charge in [-0.2, -0.15) is 0 Å². The van der Waals surface area contributed by atoms with E-state index in [0.29, 0.717) is 24.9 Å². The highest BCUT2D eigenvalue weighted by Gasteiger charge is 2.34. The molecule has 0 bridgehead atoms. The standard InChI is InChI=1S/C24H20F2N2OS/c25-19-4-6-22(26)21(12-19)16-2-1-15-9-18(11-17(15)10-16)24(29)28-8-7-14-3-5-20(30-27)13-23(14)28/h1-6,10,12-13,18H,7-9,11,27H2. The third-order valence-corrected chi connectivity index (χ3v) is 6.61. The normalized spacial score (nSPS) is 17.2. The van der Waals surface area contributed by atoms with E-state index in [0.717, 1.165) is 40.3 Å². The Balaban J connectivity index is 1.39. The third-order valence-electron chi connectivity index (χ3n) is 6.08. The number of hydrogen-bond acceptors (Lipinski definition) is 3. The van der Waals surface area contributed by atoms with Crippen molar-refractivity contribution in [2.45, 2.75) is 24.2 Å². The van der Waals surface area contributed by atoms with Gasteiger partial charge in [-0.15, -0.1) is 0 Å². The number of nitrogens with two attached hydrogens (primary N) is 1. The van der Waals surface area contributed by atoms with Crippen molar-refractivity contribution in [1.82, 2.24) is 0 Å². The summed E-state index contributed by atoms with van der Waals surface area (Å²) in [6.45, 7) is 0.680. The van der Waals surface area contributed by atoms with E-state index in [-0.39, 0.29) is 17.4 Å². The Morgan fingerprint density at radius 1 is 0.967 bits per heavy atom. The second kappa shape index (κ2) is 7.52. The van der Waals surface area contributed by atoms with Crippen molar-refractivity contribution in [2.24, 2.45) is 11.1 Å². The van der Waals surface area contributed by atoms with Crippen LogP contribution in [-0.2, 0) is 24.1 Å². The summed E-state index contributed by atoms with van der Waals surface area (Å²) in [5.41, 5.74) is 5.12. The van der Waals surface area contributed by atoms with Gasteiger partial charge in [0.2, 0.25) is 5.91 Å². The van der Waals surface area contributed by atoms with Gasteiger partial charge in [0.15, 0.2) is 0 Å². The predicted octanol–water partition coefficient (Wildman–Crippen LogP) is 4.90. The number of hydrogen-bond donors (Lipinski definition) is 1. The molecule has 0 spiro atoms. The number of rotatable bonds is 3. The number of fused-ring (bicyclic) bond motifs is 2. The zero-order valence-corrected chi connectivity index (χ0v) is 17.0. The lowest BCUT2D eigenvalue weighted by Gasteiger charge is -2.21. The van der Waals surface area contributed by atoms with E-state index in [4.69, 9.17) is 5.14 Å². The first-order valence-electron chi connectivity index (χ1n) is 9.92. The van der Waals surface area contributed by atoms with Crippen LogP contribution < -0.4 is 10.0 Å². The van der Waals surface area contributed by atoms with Crippen molar-refractivity contribution < 1.29 is 13.6 Å². The molecule has 6 heteroatoms. The zero-order valence-electron chi connectivity index (χ0n) is 16.2. The van der Waals surface area contributed by atoms with Crippen LogP contribution in [0.15, 0.2) is 59.5 Å². The largest absolute Gasteiger partial charge is 0.312 e. The summed E-state index contributed by atoms with van der Waals surface area (Å²) in [7, 11) is 0. The van der Waals surface area contributed by atoms with Gasteiger partial charge in [-0.3, -0.25) is 9.93 Å². The molecule has 1 aliphatic carbocycles. The van der Waals surface area contributed by atoms with Crippen LogP contribution in [0.1, 0.15) is 16.7 Å². The highest BCUT2D eigenvalue weighted by Crippen LogP contribution is 2.37. The summed E-state index contributed by atoms with van der Waals surface area (Å²) in [6, 6.07) is 15.1. The van der Waals surface area contributed by atoms with E-state index < -0.39 is 11.6 Å². The maximum absolute atomic E-state index is 14.2. The van der Waals surface area contributed by atoms with Crippen LogP contribution in [-0.4, -0.2) is 12.5 Å². The molecule has 3 aromatic rings. The van der Waals surface area contributed by atoms with Gasteiger partial charge in [-0.05, 0) is 83.8 Å². The Bertz CT molecular complexity index is 1160. The predicted molar refractivity (Wildman–Crippen MR) is 115 cm³/mol. The molecule has 0 radical (unpaired) electrons. The molecule has 0 saturated heterocycles. The molecule has 5 rings (SSSR count). The number of carbonyl (C=O) groups is 1. The van der Waals surface area contributed by atoms with Gasteiger partial charge in [0.25, 0.3) is 0 Å². The molecule has 30 heavy (non-hydrogen) atoms. The maximum atomic E-state index is 14.2. The molecule has 1 aliphatic heterocycles. The van der Waals surface area contributed by atoms with Crippen LogP contribution in [0.5, 0.6) is 0 Å². The van der Waals surface area contributed by atoms with Crippen molar-refractivity contribution in [3.05, 3.63) is 82.9 Å². The lowest BCUT2D eigenvalue weighted by Crippen LogP contribution is -2.35. The fraction of sp³-hybridized carbons (Fsp3) is 0.208. The molecule has 0 saturated carbocycles. The van der Waals surface area contributed by atoms with Gasteiger partial charge in [0, 0.05) is 28.6 Å². The van der Waals surface area contributed by atoms with Crippen LogP contribution in [0, 0.1) is 17.6 Å². The van der Waals surface area contributed by atoms with E-state index in [1.54, 1.807) is 6.07 Å². The molecule has 0 fully saturated rings. The molecule has 0 aromatic heterocycles. The van der Waals surface area contributed by atoms with Gasteiger partial charge in [0.05, 0.1) is 0 Å².